The van der Waals surface area contributed by atoms with E-state index in [1.165, 1.54) is 18.2 Å². The van der Waals surface area contributed by atoms with Gasteiger partial charge in [0.2, 0.25) is 0 Å². The molecule has 1 amide bonds. The van der Waals surface area contributed by atoms with E-state index in [0.717, 1.165) is 0 Å². The van der Waals surface area contributed by atoms with Gasteiger partial charge in [-0.2, -0.15) is 0 Å². The molecule has 0 atom stereocenters. The zero-order chi connectivity index (χ0) is 14.7. The molecule has 6 heteroatoms. The third-order valence-electron chi connectivity index (χ3n) is 2.54. The van der Waals surface area contributed by atoms with E-state index in [0.29, 0.717) is 21.3 Å². The van der Waals surface area contributed by atoms with Gasteiger partial charge in [0.05, 0.1) is 10.6 Å². The minimum Gasteiger partial charge on any atom is -0.322 e. The Morgan fingerprint density at radius 2 is 1.60 bits per heavy atom. The van der Waals surface area contributed by atoms with Crippen LogP contribution >= 0.6 is 34.8 Å². The SMILES string of the molecule is O=C(Cl)c1ccc(NC(=O)c2cc(Cl)ccc2Cl)cc1. The molecule has 2 aromatic carbocycles. The highest BCUT2D eigenvalue weighted by atomic mass is 35.5. The molecule has 0 fully saturated rings. The van der Waals surface area contributed by atoms with Crippen LogP contribution in [-0.2, 0) is 0 Å². The normalized spacial score (nSPS) is 10.2. The van der Waals surface area contributed by atoms with E-state index in [4.69, 9.17) is 34.8 Å². The fourth-order valence-electron chi connectivity index (χ4n) is 1.55. The number of carbonyl (C=O) groups excluding carboxylic acids is 2. The summed E-state index contributed by atoms with van der Waals surface area (Å²) in [7, 11) is 0. The van der Waals surface area contributed by atoms with Gasteiger partial charge < -0.3 is 5.32 Å². The molecule has 0 aliphatic rings. The van der Waals surface area contributed by atoms with Crippen LogP contribution < -0.4 is 5.32 Å². The highest BCUT2D eigenvalue weighted by Gasteiger charge is 2.11. The Bertz CT molecular complexity index is 669. The summed E-state index contributed by atoms with van der Waals surface area (Å²) in [5.41, 5.74) is 1.15. The predicted octanol–water partition coefficient (Wildman–Crippen LogP) is 4.62. The topological polar surface area (TPSA) is 46.2 Å². The van der Waals surface area contributed by atoms with Crippen LogP contribution in [0.25, 0.3) is 0 Å². The van der Waals surface area contributed by atoms with Crippen LogP contribution in [-0.4, -0.2) is 11.1 Å². The van der Waals surface area contributed by atoms with Crippen molar-refractivity contribution in [2.75, 3.05) is 5.32 Å². The summed E-state index contributed by atoms with van der Waals surface area (Å²) in [5, 5.41) is 2.83. The van der Waals surface area contributed by atoms with Crippen molar-refractivity contribution in [3.8, 4) is 0 Å². The van der Waals surface area contributed by atoms with Crippen molar-refractivity contribution < 1.29 is 9.59 Å². The molecule has 0 unspecified atom stereocenters. The summed E-state index contributed by atoms with van der Waals surface area (Å²) in [5.74, 6) is -0.387. The van der Waals surface area contributed by atoms with Gasteiger partial charge >= 0.3 is 0 Å². The van der Waals surface area contributed by atoms with Gasteiger partial charge in [-0.05, 0) is 54.1 Å². The van der Waals surface area contributed by atoms with Gasteiger partial charge in [0.15, 0.2) is 0 Å². The molecule has 0 radical (unpaired) electrons. The summed E-state index contributed by atoms with van der Waals surface area (Å²) < 4.78 is 0. The molecular formula is C14H8Cl3NO2. The zero-order valence-corrected chi connectivity index (χ0v) is 12.3. The molecule has 0 spiro atoms. The number of halogens is 3. The van der Waals surface area contributed by atoms with Crippen molar-refractivity contribution in [2.45, 2.75) is 0 Å². The maximum atomic E-state index is 12.1. The highest BCUT2D eigenvalue weighted by molar-refractivity contribution is 6.67. The van der Waals surface area contributed by atoms with Crippen LogP contribution in [0.2, 0.25) is 10.0 Å². The second-order valence-corrected chi connectivity index (χ2v) is 5.12. The minimum absolute atomic E-state index is 0.275. The van der Waals surface area contributed by atoms with Gasteiger partial charge in [-0.1, -0.05) is 23.2 Å². The van der Waals surface area contributed by atoms with Crippen molar-refractivity contribution in [1.82, 2.24) is 0 Å². The van der Waals surface area contributed by atoms with Crippen LogP contribution in [0.1, 0.15) is 20.7 Å². The molecule has 3 nitrogen and oxygen atoms in total. The Morgan fingerprint density at radius 1 is 0.950 bits per heavy atom. The molecule has 0 bridgehead atoms. The number of hydrogen-bond acceptors (Lipinski definition) is 2. The van der Waals surface area contributed by atoms with Crippen molar-refractivity contribution in [1.29, 1.82) is 0 Å². The van der Waals surface area contributed by atoms with Gasteiger partial charge in [-0.3, -0.25) is 9.59 Å². The smallest absolute Gasteiger partial charge is 0.257 e. The first-order chi connectivity index (χ1) is 9.47. The second kappa shape index (κ2) is 6.27. The summed E-state index contributed by atoms with van der Waals surface area (Å²) >= 11 is 17.1. The lowest BCUT2D eigenvalue weighted by Gasteiger charge is -2.07. The molecule has 0 heterocycles. The fourth-order valence-corrected chi connectivity index (χ4v) is 2.06. The first-order valence-corrected chi connectivity index (χ1v) is 6.67. The summed E-state index contributed by atoms with van der Waals surface area (Å²) in [6, 6.07) is 10.8. The predicted molar refractivity (Wildman–Crippen MR) is 81.0 cm³/mol. The molecule has 20 heavy (non-hydrogen) atoms. The Hall–Kier alpha value is -1.55. The average molecular weight is 329 g/mol. The highest BCUT2D eigenvalue weighted by Crippen LogP contribution is 2.22. The molecule has 102 valence electrons. The number of carbonyl (C=O) groups is 2. The Labute approximate surface area is 130 Å². The lowest BCUT2D eigenvalue weighted by molar-refractivity contribution is 0.102. The monoisotopic (exact) mass is 327 g/mol. The molecule has 2 rings (SSSR count). The number of benzene rings is 2. The molecule has 0 saturated carbocycles. The van der Waals surface area contributed by atoms with Gasteiger partial charge in [-0.15, -0.1) is 0 Å². The van der Waals surface area contributed by atoms with E-state index in [-0.39, 0.29) is 11.5 Å². The van der Waals surface area contributed by atoms with Gasteiger partial charge in [-0.25, -0.2) is 0 Å². The lowest BCUT2D eigenvalue weighted by Crippen LogP contribution is -2.12. The van der Waals surface area contributed by atoms with Crippen LogP contribution in [0.3, 0.4) is 0 Å². The van der Waals surface area contributed by atoms with E-state index < -0.39 is 5.24 Å². The first-order valence-electron chi connectivity index (χ1n) is 5.53. The minimum atomic E-state index is -0.555. The molecule has 0 saturated heterocycles. The van der Waals surface area contributed by atoms with E-state index in [1.807, 2.05) is 0 Å². The Morgan fingerprint density at radius 3 is 2.20 bits per heavy atom. The first kappa shape index (κ1) is 14.9. The average Bonchev–Trinajstić information content (AvgIpc) is 2.42. The quantitative estimate of drug-likeness (QED) is 0.835. The molecule has 0 aliphatic carbocycles. The van der Waals surface area contributed by atoms with Crippen LogP contribution in [0.4, 0.5) is 5.69 Å². The lowest BCUT2D eigenvalue weighted by atomic mass is 10.2. The number of hydrogen-bond donors (Lipinski definition) is 1. The number of rotatable bonds is 3. The Balaban J connectivity index is 2.19. The van der Waals surface area contributed by atoms with E-state index >= 15 is 0 Å². The third kappa shape index (κ3) is 3.51. The fraction of sp³-hybridized carbons (Fsp3) is 0. The van der Waals surface area contributed by atoms with Crippen molar-refractivity contribution in [2.24, 2.45) is 0 Å². The number of anilines is 1. The van der Waals surface area contributed by atoms with Crippen LogP contribution in [0.15, 0.2) is 42.5 Å². The van der Waals surface area contributed by atoms with Gasteiger partial charge in [0, 0.05) is 16.3 Å². The van der Waals surface area contributed by atoms with Crippen LogP contribution in [0.5, 0.6) is 0 Å². The molecular weight excluding hydrogens is 321 g/mol. The van der Waals surface area contributed by atoms with Gasteiger partial charge in [0.1, 0.15) is 0 Å². The molecule has 0 aliphatic heterocycles. The standard InChI is InChI=1S/C14H8Cl3NO2/c15-9-3-6-12(16)11(7-9)14(20)18-10-4-1-8(2-5-10)13(17)19/h1-7H,(H,18,20). The van der Waals surface area contributed by atoms with Crippen molar-refractivity contribution in [3.63, 3.8) is 0 Å². The van der Waals surface area contributed by atoms with E-state index in [1.54, 1.807) is 24.3 Å². The van der Waals surface area contributed by atoms with Crippen molar-refractivity contribution >= 4 is 51.6 Å². The zero-order valence-electron chi connectivity index (χ0n) is 9.99. The second-order valence-electron chi connectivity index (χ2n) is 3.93. The Kier molecular flexibility index (Phi) is 4.65. The van der Waals surface area contributed by atoms with Crippen molar-refractivity contribution in [3.05, 3.63) is 63.6 Å². The summed E-state index contributed by atoms with van der Waals surface area (Å²) in [6.07, 6.45) is 0. The molecule has 2 aromatic rings. The molecule has 1 N–H and O–H groups in total. The van der Waals surface area contributed by atoms with E-state index in [2.05, 4.69) is 5.32 Å². The number of nitrogens with one attached hydrogen (secondary N) is 1. The molecule has 0 aromatic heterocycles. The summed E-state index contributed by atoms with van der Waals surface area (Å²) in [6.45, 7) is 0. The van der Waals surface area contributed by atoms with Crippen LogP contribution in [0, 0.1) is 0 Å². The maximum Gasteiger partial charge on any atom is 0.257 e. The maximum absolute atomic E-state index is 12.1. The number of amides is 1. The third-order valence-corrected chi connectivity index (χ3v) is 3.33. The summed E-state index contributed by atoms with van der Waals surface area (Å²) in [4.78, 5) is 23.0. The largest absolute Gasteiger partial charge is 0.322 e. The van der Waals surface area contributed by atoms with E-state index in [9.17, 15) is 9.59 Å². The van der Waals surface area contributed by atoms with Gasteiger partial charge in [0.25, 0.3) is 11.1 Å².